The summed E-state index contributed by atoms with van der Waals surface area (Å²) in [6.45, 7) is 5.35. The van der Waals surface area contributed by atoms with Gasteiger partial charge in [0, 0.05) is 29.6 Å². The number of nitrogens with one attached hydrogen (secondary N) is 2. The lowest BCUT2D eigenvalue weighted by molar-refractivity contribution is -0.158. The molecule has 31 heavy (non-hydrogen) atoms. The number of amides is 2. The van der Waals surface area contributed by atoms with Crippen LogP contribution < -0.4 is 15.4 Å². The number of nitrogens with zero attached hydrogens (tertiary/aromatic N) is 1. The van der Waals surface area contributed by atoms with Gasteiger partial charge in [-0.3, -0.25) is 0 Å². The molecular formula is C24H31N3O4. The summed E-state index contributed by atoms with van der Waals surface area (Å²) in [4.78, 5) is 28.5. The highest BCUT2D eigenvalue weighted by molar-refractivity contribution is 5.89. The number of esters is 1. The molecular weight excluding hydrogens is 394 g/mol. The molecule has 0 radical (unpaired) electrons. The lowest BCUT2D eigenvalue weighted by atomic mass is 9.96. The van der Waals surface area contributed by atoms with E-state index in [1.165, 1.54) is 19.3 Å². The van der Waals surface area contributed by atoms with Crippen LogP contribution in [0.3, 0.4) is 0 Å². The van der Waals surface area contributed by atoms with Crippen molar-refractivity contribution in [1.29, 1.82) is 0 Å². The van der Waals surface area contributed by atoms with Crippen LogP contribution >= 0.6 is 0 Å². The molecule has 1 aliphatic rings. The molecule has 1 saturated carbocycles. The minimum Gasteiger partial charge on any atom is -0.463 e. The van der Waals surface area contributed by atoms with Gasteiger partial charge in [-0.25, -0.2) is 14.6 Å². The molecule has 0 saturated heterocycles. The summed E-state index contributed by atoms with van der Waals surface area (Å²) in [7, 11) is 0. The summed E-state index contributed by atoms with van der Waals surface area (Å²) in [6, 6.07) is 11.3. The number of urea groups is 1. The maximum atomic E-state index is 12.2. The summed E-state index contributed by atoms with van der Waals surface area (Å²) in [6.07, 6.45) is 7.41. The number of carbonyl (C=O) groups is 2. The topological polar surface area (TPSA) is 89.5 Å². The lowest BCUT2D eigenvalue weighted by Gasteiger charge is -2.23. The quantitative estimate of drug-likeness (QED) is 0.615. The van der Waals surface area contributed by atoms with Crippen LogP contribution in [0.25, 0.3) is 11.1 Å². The Morgan fingerprint density at radius 3 is 2.32 bits per heavy atom. The summed E-state index contributed by atoms with van der Waals surface area (Å²) in [5, 5.41) is 5.94. The molecule has 2 aromatic rings. The lowest BCUT2D eigenvalue weighted by Crippen LogP contribution is -2.39. The molecule has 1 aromatic heterocycles. The molecule has 0 unspecified atom stereocenters. The van der Waals surface area contributed by atoms with Crippen LogP contribution in [0, 0.1) is 0 Å². The average Bonchev–Trinajstić information content (AvgIpc) is 2.75. The average molecular weight is 426 g/mol. The zero-order chi connectivity index (χ0) is 22.3. The molecule has 1 fully saturated rings. The van der Waals surface area contributed by atoms with Crippen LogP contribution in [0.1, 0.15) is 52.9 Å². The molecule has 0 atom stereocenters. The first-order valence-corrected chi connectivity index (χ1v) is 10.9. The van der Waals surface area contributed by atoms with Crippen molar-refractivity contribution in [2.75, 3.05) is 11.9 Å². The van der Waals surface area contributed by atoms with Gasteiger partial charge in [-0.15, -0.1) is 0 Å². The second kappa shape index (κ2) is 10.3. The first-order valence-electron chi connectivity index (χ1n) is 10.9. The van der Waals surface area contributed by atoms with Crippen molar-refractivity contribution < 1.29 is 19.1 Å². The predicted octanol–water partition coefficient (Wildman–Crippen LogP) is 4.92. The second-order valence-corrected chi connectivity index (χ2v) is 8.23. The molecule has 1 aliphatic carbocycles. The summed E-state index contributed by atoms with van der Waals surface area (Å²) < 4.78 is 10.7. The number of rotatable bonds is 7. The number of anilines is 1. The fraction of sp³-hybridized carbons (Fsp3) is 0.458. The van der Waals surface area contributed by atoms with Gasteiger partial charge in [0.25, 0.3) is 0 Å². The third-order valence-electron chi connectivity index (χ3n) is 5.28. The van der Waals surface area contributed by atoms with E-state index in [4.69, 9.17) is 9.47 Å². The van der Waals surface area contributed by atoms with E-state index >= 15 is 0 Å². The van der Waals surface area contributed by atoms with Gasteiger partial charge in [0.1, 0.15) is 0 Å². The van der Waals surface area contributed by atoms with Crippen molar-refractivity contribution in [2.45, 2.75) is 64.5 Å². The number of hydrogen-bond donors (Lipinski definition) is 2. The van der Waals surface area contributed by atoms with Crippen LogP contribution in [0.5, 0.6) is 5.88 Å². The Morgan fingerprint density at radius 2 is 1.71 bits per heavy atom. The molecule has 0 spiro atoms. The van der Waals surface area contributed by atoms with E-state index in [1.807, 2.05) is 30.3 Å². The van der Waals surface area contributed by atoms with E-state index in [2.05, 4.69) is 15.6 Å². The van der Waals surface area contributed by atoms with Gasteiger partial charge in [0.2, 0.25) is 11.5 Å². The Labute approximate surface area is 183 Å². The van der Waals surface area contributed by atoms with Gasteiger partial charge in [-0.1, -0.05) is 31.4 Å². The van der Waals surface area contributed by atoms with Gasteiger partial charge >= 0.3 is 12.0 Å². The van der Waals surface area contributed by atoms with Gasteiger partial charge < -0.3 is 20.1 Å². The third kappa shape index (κ3) is 6.44. The number of hydrogen-bond acceptors (Lipinski definition) is 5. The molecule has 166 valence electrons. The van der Waals surface area contributed by atoms with E-state index in [1.54, 1.807) is 33.0 Å². The zero-order valence-corrected chi connectivity index (χ0v) is 18.4. The van der Waals surface area contributed by atoms with Crippen LogP contribution in [0.2, 0.25) is 0 Å². The number of aromatic nitrogens is 1. The molecule has 0 aliphatic heterocycles. The summed E-state index contributed by atoms with van der Waals surface area (Å²) >= 11 is 0. The molecule has 7 heteroatoms. The Kier molecular flexibility index (Phi) is 7.50. The molecule has 2 amide bonds. The maximum absolute atomic E-state index is 12.2. The van der Waals surface area contributed by atoms with Crippen LogP contribution in [0.15, 0.2) is 42.6 Å². The first kappa shape index (κ1) is 22.6. The van der Waals surface area contributed by atoms with Crippen molar-refractivity contribution in [3.8, 4) is 17.0 Å². The Bertz CT molecular complexity index is 873. The standard InChI is InChI=1S/C24H31N3O4/c1-4-30-22(28)24(2,3)31-21-15-12-18(16-25-21)17-10-13-20(14-11-17)27-23(29)26-19-8-6-5-7-9-19/h10-16,19H,4-9H2,1-3H3,(H2,26,27,29). The van der Waals surface area contributed by atoms with Crippen molar-refractivity contribution in [3.05, 3.63) is 42.6 Å². The summed E-state index contributed by atoms with van der Waals surface area (Å²) in [5.74, 6) is -0.0871. The monoisotopic (exact) mass is 425 g/mol. The van der Waals surface area contributed by atoms with Crippen molar-refractivity contribution in [1.82, 2.24) is 10.3 Å². The third-order valence-corrected chi connectivity index (χ3v) is 5.28. The van der Waals surface area contributed by atoms with E-state index in [0.29, 0.717) is 12.5 Å². The molecule has 3 rings (SSSR count). The molecule has 7 nitrogen and oxygen atoms in total. The van der Waals surface area contributed by atoms with Crippen molar-refractivity contribution in [3.63, 3.8) is 0 Å². The number of pyridine rings is 1. The van der Waals surface area contributed by atoms with E-state index in [9.17, 15) is 9.59 Å². The molecule has 1 aromatic carbocycles. The van der Waals surface area contributed by atoms with Crippen LogP contribution in [0.4, 0.5) is 10.5 Å². The molecule has 1 heterocycles. The van der Waals surface area contributed by atoms with Crippen molar-refractivity contribution >= 4 is 17.7 Å². The van der Waals surface area contributed by atoms with E-state index in [-0.39, 0.29) is 12.1 Å². The Morgan fingerprint density at radius 1 is 1.03 bits per heavy atom. The SMILES string of the molecule is CCOC(=O)C(C)(C)Oc1ccc(-c2ccc(NC(=O)NC3CCCCC3)cc2)cn1. The zero-order valence-electron chi connectivity index (χ0n) is 18.4. The predicted molar refractivity (Wildman–Crippen MR) is 120 cm³/mol. The molecule has 2 N–H and O–H groups in total. The normalized spacial score (nSPS) is 14.5. The largest absolute Gasteiger partial charge is 0.463 e. The number of carbonyl (C=O) groups excluding carboxylic acids is 2. The molecule has 0 bridgehead atoms. The first-order chi connectivity index (χ1) is 14.9. The van der Waals surface area contributed by atoms with Crippen molar-refractivity contribution in [2.24, 2.45) is 0 Å². The van der Waals surface area contributed by atoms with Crippen LogP contribution in [-0.2, 0) is 9.53 Å². The minimum atomic E-state index is -1.12. The number of benzene rings is 1. The second-order valence-electron chi connectivity index (χ2n) is 8.23. The van der Waals surface area contributed by atoms with Gasteiger partial charge in [-0.05, 0) is 57.4 Å². The van der Waals surface area contributed by atoms with Gasteiger partial charge in [0.05, 0.1) is 6.61 Å². The van der Waals surface area contributed by atoms with E-state index < -0.39 is 11.6 Å². The van der Waals surface area contributed by atoms with E-state index in [0.717, 1.165) is 29.7 Å². The van der Waals surface area contributed by atoms with Gasteiger partial charge in [-0.2, -0.15) is 0 Å². The maximum Gasteiger partial charge on any atom is 0.349 e. The van der Waals surface area contributed by atoms with Crippen LogP contribution in [-0.4, -0.2) is 35.2 Å². The Balaban J connectivity index is 1.57. The highest BCUT2D eigenvalue weighted by Gasteiger charge is 2.32. The Hall–Kier alpha value is -3.09. The smallest absolute Gasteiger partial charge is 0.349 e. The summed E-state index contributed by atoms with van der Waals surface area (Å²) in [5.41, 5.74) is 1.48. The van der Waals surface area contributed by atoms with Gasteiger partial charge in [0.15, 0.2) is 0 Å². The number of ether oxygens (including phenoxy) is 2. The fourth-order valence-corrected chi connectivity index (χ4v) is 3.56. The highest BCUT2D eigenvalue weighted by atomic mass is 16.6. The minimum absolute atomic E-state index is 0.160. The fourth-order valence-electron chi connectivity index (χ4n) is 3.56. The highest BCUT2D eigenvalue weighted by Crippen LogP contribution is 2.24.